The first-order chi connectivity index (χ1) is 7.31. The molecule has 2 atom stereocenters. The first kappa shape index (κ1) is 10.6. The lowest BCUT2D eigenvalue weighted by molar-refractivity contribution is 0.332. The Bertz CT molecular complexity index is 327. The van der Waals surface area contributed by atoms with E-state index >= 15 is 0 Å². The Hall–Kier alpha value is -0.930. The van der Waals surface area contributed by atoms with E-state index in [0.717, 1.165) is 25.1 Å². The SMILES string of the molecule is NCC1CNCCC1c1cccc(F)c1. The van der Waals surface area contributed by atoms with Crippen molar-refractivity contribution in [1.29, 1.82) is 0 Å². The molecule has 1 heterocycles. The van der Waals surface area contributed by atoms with E-state index in [2.05, 4.69) is 5.32 Å². The lowest BCUT2D eigenvalue weighted by atomic mass is 9.81. The molecule has 2 rings (SSSR count). The Labute approximate surface area is 89.7 Å². The smallest absolute Gasteiger partial charge is 0.123 e. The highest BCUT2D eigenvalue weighted by molar-refractivity contribution is 5.22. The zero-order valence-electron chi connectivity index (χ0n) is 8.75. The van der Waals surface area contributed by atoms with Crippen LogP contribution in [-0.4, -0.2) is 19.6 Å². The van der Waals surface area contributed by atoms with Gasteiger partial charge in [-0.1, -0.05) is 12.1 Å². The second-order valence-corrected chi connectivity index (χ2v) is 4.15. The van der Waals surface area contributed by atoms with Gasteiger partial charge in [0.2, 0.25) is 0 Å². The van der Waals surface area contributed by atoms with Crippen molar-refractivity contribution in [2.45, 2.75) is 12.3 Å². The van der Waals surface area contributed by atoms with E-state index in [1.54, 1.807) is 12.1 Å². The Kier molecular flexibility index (Phi) is 3.34. The molecule has 2 unspecified atom stereocenters. The van der Waals surface area contributed by atoms with Crippen molar-refractivity contribution in [3.63, 3.8) is 0 Å². The number of hydrogen-bond acceptors (Lipinski definition) is 2. The fourth-order valence-corrected chi connectivity index (χ4v) is 2.35. The summed E-state index contributed by atoms with van der Waals surface area (Å²) < 4.78 is 13.1. The molecule has 1 aliphatic rings. The first-order valence-corrected chi connectivity index (χ1v) is 5.47. The van der Waals surface area contributed by atoms with Gasteiger partial charge in [0, 0.05) is 0 Å². The zero-order valence-corrected chi connectivity index (χ0v) is 8.75. The minimum Gasteiger partial charge on any atom is -0.330 e. The van der Waals surface area contributed by atoms with Crippen molar-refractivity contribution >= 4 is 0 Å². The second kappa shape index (κ2) is 4.73. The van der Waals surface area contributed by atoms with Crippen LogP contribution in [-0.2, 0) is 0 Å². The maximum Gasteiger partial charge on any atom is 0.123 e. The summed E-state index contributed by atoms with van der Waals surface area (Å²) in [6, 6.07) is 6.91. The van der Waals surface area contributed by atoms with E-state index in [9.17, 15) is 4.39 Å². The van der Waals surface area contributed by atoms with Gasteiger partial charge >= 0.3 is 0 Å². The number of hydrogen-bond donors (Lipinski definition) is 2. The van der Waals surface area contributed by atoms with Crippen LogP contribution in [0.1, 0.15) is 17.9 Å². The quantitative estimate of drug-likeness (QED) is 0.772. The molecular weight excluding hydrogens is 191 g/mol. The monoisotopic (exact) mass is 208 g/mol. The predicted molar refractivity (Wildman–Crippen MR) is 59.2 cm³/mol. The fourth-order valence-electron chi connectivity index (χ4n) is 2.35. The third kappa shape index (κ3) is 2.36. The molecule has 1 aliphatic heterocycles. The van der Waals surface area contributed by atoms with Crippen molar-refractivity contribution < 1.29 is 4.39 Å². The highest BCUT2D eigenvalue weighted by atomic mass is 19.1. The molecule has 0 bridgehead atoms. The second-order valence-electron chi connectivity index (χ2n) is 4.15. The summed E-state index contributed by atoms with van der Waals surface area (Å²) in [6.45, 7) is 2.60. The molecule has 0 spiro atoms. The van der Waals surface area contributed by atoms with Gasteiger partial charge in [0.1, 0.15) is 5.82 Å². The van der Waals surface area contributed by atoms with E-state index in [1.165, 1.54) is 6.07 Å². The maximum atomic E-state index is 13.1. The van der Waals surface area contributed by atoms with Gasteiger partial charge in [-0.15, -0.1) is 0 Å². The third-order valence-corrected chi connectivity index (χ3v) is 3.19. The van der Waals surface area contributed by atoms with E-state index in [4.69, 9.17) is 5.73 Å². The normalized spacial score (nSPS) is 26.5. The topological polar surface area (TPSA) is 38.0 Å². The molecule has 0 aliphatic carbocycles. The molecule has 3 N–H and O–H groups in total. The third-order valence-electron chi connectivity index (χ3n) is 3.19. The Morgan fingerprint density at radius 2 is 2.33 bits per heavy atom. The zero-order chi connectivity index (χ0) is 10.7. The minimum atomic E-state index is -0.151. The molecule has 0 amide bonds. The molecule has 0 aromatic heterocycles. The van der Waals surface area contributed by atoms with Crippen molar-refractivity contribution in [2.75, 3.05) is 19.6 Å². The number of rotatable bonds is 2. The predicted octanol–water partition coefficient (Wildman–Crippen LogP) is 1.48. The molecule has 3 heteroatoms. The highest BCUT2D eigenvalue weighted by Gasteiger charge is 2.25. The summed E-state index contributed by atoms with van der Waals surface area (Å²) in [5, 5.41) is 3.33. The largest absolute Gasteiger partial charge is 0.330 e. The van der Waals surface area contributed by atoms with Crippen LogP contribution in [0.5, 0.6) is 0 Å². The molecule has 0 radical (unpaired) electrons. The van der Waals surface area contributed by atoms with Crippen LogP contribution in [0.3, 0.4) is 0 Å². The highest BCUT2D eigenvalue weighted by Crippen LogP contribution is 2.29. The first-order valence-electron chi connectivity index (χ1n) is 5.47. The maximum absolute atomic E-state index is 13.1. The molecular formula is C12H17FN2. The van der Waals surface area contributed by atoms with Gasteiger partial charge < -0.3 is 11.1 Å². The lowest BCUT2D eigenvalue weighted by Crippen LogP contribution is -2.39. The number of halogens is 1. The molecule has 1 aromatic carbocycles. The van der Waals surface area contributed by atoms with Crippen LogP contribution >= 0.6 is 0 Å². The van der Waals surface area contributed by atoms with Gasteiger partial charge in [0.25, 0.3) is 0 Å². The van der Waals surface area contributed by atoms with E-state index < -0.39 is 0 Å². The average Bonchev–Trinajstić information content (AvgIpc) is 2.29. The van der Waals surface area contributed by atoms with Crippen molar-refractivity contribution in [2.24, 2.45) is 11.7 Å². The summed E-state index contributed by atoms with van der Waals surface area (Å²) in [6.07, 6.45) is 1.05. The standard InChI is InChI=1S/C12H17FN2/c13-11-3-1-2-9(6-11)12-4-5-15-8-10(12)7-14/h1-3,6,10,12,15H,4-5,7-8,14H2. The Morgan fingerprint density at radius 3 is 3.07 bits per heavy atom. The van der Waals surface area contributed by atoms with Gasteiger partial charge in [-0.25, -0.2) is 4.39 Å². The van der Waals surface area contributed by atoms with E-state index in [1.807, 2.05) is 6.07 Å². The van der Waals surface area contributed by atoms with Gasteiger partial charge in [0.15, 0.2) is 0 Å². The number of nitrogens with one attached hydrogen (secondary N) is 1. The molecule has 1 fully saturated rings. The number of nitrogens with two attached hydrogens (primary N) is 1. The van der Waals surface area contributed by atoms with Gasteiger partial charge in [-0.05, 0) is 55.6 Å². The molecule has 15 heavy (non-hydrogen) atoms. The molecule has 2 nitrogen and oxygen atoms in total. The van der Waals surface area contributed by atoms with Crippen LogP contribution in [0.25, 0.3) is 0 Å². The van der Waals surface area contributed by atoms with Crippen LogP contribution < -0.4 is 11.1 Å². The van der Waals surface area contributed by atoms with Crippen LogP contribution in [0, 0.1) is 11.7 Å². The van der Waals surface area contributed by atoms with Gasteiger partial charge in [-0.2, -0.15) is 0 Å². The van der Waals surface area contributed by atoms with E-state index in [-0.39, 0.29) is 5.82 Å². The summed E-state index contributed by atoms with van der Waals surface area (Å²) in [5.41, 5.74) is 6.83. The lowest BCUT2D eigenvalue weighted by Gasteiger charge is -2.31. The van der Waals surface area contributed by atoms with Crippen molar-refractivity contribution in [1.82, 2.24) is 5.32 Å². The molecule has 1 saturated heterocycles. The average molecular weight is 208 g/mol. The Morgan fingerprint density at radius 1 is 1.47 bits per heavy atom. The van der Waals surface area contributed by atoms with Crippen LogP contribution in [0.2, 0.25) is 0 Å². The summed E-state index contributed by atoms with van der Waals surface area (Å²) >= 11 is 0. The minimum absolute atomic E-state index is 0.151. The molecule has 1 aromatic rings. The summed E-state index contributed by atoms with van der Waals surface area (Å²) in [5.74, 6) is 0.689. The van der Waals surface area contributed by atoms with Gasteiger partial charge in [-0.3, -0.25) is 0 Å². The summed E-state index contributed by atoms with van der Waals surface area (Å²) in [7, 11) is 0. The van der Waals surface area contributed by atoms with Crippen molar-refractivity contribution in [3.05, 3.63) is 35.6 Å². The van der Waals surface area contributed by atoms with Crippen molar-refractivity contribution in [3.8, 4) is 0 Å². The fraction of sp³-hybridized carbons (Fsp3) is 0.500. The van der Waals surface area contributed by atoms with Crippen LogP contribution in [0.15, 0.2) is 24.3 Å². The number of benzene rings is 1. The summed E-state index contributed by atoms with van der Waals surface area (Å²) in [4.78, 5) is 0. The molecule has 0 saturated carbocycles. The van der Waals surface area contributed by atoms with E-state index in [0.29, 0.717) is 18.4 Å². The van der Waals surface area contributed by atoms with Crippen LogP contribution in [0.4, 0.5) is 4.39 Å². The number of piperidine rings is 1. The Balaban J connectivity index is 2.20. The van der Waals surface area contributed by atoms with Gasteiger partial charge in [0.05, 0.1) is 0 Å². The molecule has 82 valence electrons.